The van der Waals surface area contributed by atoms with Crippen LogP contribution < -0.4 is 14.9 Å². The van der Waals surface area contributed by atoms with Crippen LogP contribution in [-0.2, 0) is 21.4 Å². The normalized spacial score (nSPS) is 12.2. The summed E-state index contributed by atoms with van der Waals surface area (Å²) >= 11 is 12.3. The Morgan fingerprint density at radius 2 is 1.74 bits per heavy atom. The van der Waals surface area contributed by atoms with E-state index < -0.39 is 22.0 Å². The summed E-state index contributed by atoms with van der Waals surface area (Å²) in [5, 5.41) is 17.7. The molecule has 13 heteroatoms. The number of sulfonamides is 1. The summed E-state index contributed by atoms with van der Waals surface area (Å²) in [5.74, 6) is -0.892. The number of unbranched alkanes of at least 4 members (excludes halogenated alkanes) is 1. The molecule has 0 aliphatic carbocycles. The molecular weight excluding hydrogens is 649 g/mol. The SMILES string of the molecule is CCCCC(C(=O)O)N(c1ccc2c(C(=O)NCc3ccnc(NCCN(C)C)c3)cccc2c1)S(=O)(=O)c1cc(Cl)cc(Cl)c1. The molecule has 1 unspecified atom stereocenters. The second kappa shape index (κ2) is 15.6. The summed E-state index contributed by atoms with van der Waals surface area (Å²) in [6.07, 6.45) is 2.93. The van der Waals surface area contributed by atoms with Gasteiger partial charge in [-0.15, -0.1) is 0 Å². The predicted molar refractivity (Wildman–Crippen MR) is 183 cm³/mol. The minimum Gasteiger partial charge on any atom is -0.480 e. The molecule has 10 nitrogen and oxygen atoms in total. The van der Waals surface area contributed by atoms with Crippen LogP contribution in [0, 0.1) is 0 Å². The topological polar surface area (TPSA) is 132 Å². The summed E-state index contributed by atoms with van der Waals surface area (Å²) < 4.78 is 29.0. The lowest BCUT2D eigenvalue weighted by molar-refractivity contribution is -0.138. The largest absolute Gasteiger partial charge is 0.480 e. The molecule has 46 heavy (non-hydrogen) atoms. The van der Waals surface area contributed by atoms with Gasteiger partial charge in [-0.25, -0.2) is 18.2 Å². The Morgan fingerprint density at radius 3 is 2.41 bits per heavy atom. The van der Waals surface area contributed by atoms with Gasteiger partial charge in [-0.3, -0.25) is 9.10 Å². The number of hydrogen-bond donors (Lipinski definition) is 3. The zero-order valence-electron chi connectivity index (χ0n) is 25.8. The van der Waals surface area contributed by atoms with Gasteiger partial charge in [-0.1, -0.05) is 61.2 Å². The number of anilines is 2. The third-order valence-corrected chi connectivity index (χ3v) is 9.55. The molecule has 4 aromatic rings. The van der Waals surface area contributed by atoms with Crippen molar-refractivity contribution in [3.05, 3.63) is 94.1 Å². The van der Waals surface area contributed by atoms with Crippen LogP contribution in [0.5, 0.6) is 0 Å². The average Bonchev–Trinajstić information content (AvgIpc) is 3.00. The quantitative estimate of drug-likeness (QED) is 0.133. The van der Waals surface area contributed by atoms with Gasteiger partial charge in [0.25, 0.3) is 15.9 Å². The van der Waals surface area contributed by atoms with E-state index >= 15 is 0 Å². The first-order chi connectivity index (χ1) is 21.9. The van der Waals surface area contributed by atoms with Gasteiger partial charge in [0, 0.05) is 41.4 Å². The number of carboxylic acid groups (broad SMARTS) is 1. The average molecular weight is 687 g/mol. The number of nitrogens with one attached hydrogen (secondary N) is 2. The van der Waals surface area contributed by atoms with E-state index in [9.17, 15) is 23.1 Å². The minimum absolute atomic E-state index is 0.0851. The standard InChI is InChI=1S/C33H37Cl2N5O5S/c1-4-5-9-30(33(42)43)40(46(44,45)27-19-24(34)18-25(35)20-27)26-10-11-28-23(17-26)7-6-8-29(28)32(41)38-21-22-12-13-36-31(16-22)37-14-15-39(2)3/h6-8,10-13,16-20,30H,4-5,9,14-15,21H2,1-3H3,(H,36,37)(H,38,41)(H,42,43). The monoisotopic (exact) mass is 685 g/mol. The number of likely N-dealkylation sites (N-methyl/N-ethyl adjacent to an activating group) is 1. The van der Waals surface area contributed by atoms with E-state index in [1.165, 1.54) is 24.3 Å². The number of hydrogen-bond acceptors (Lipinski definition) is 7. The van der Waals surface area contributed by atoms with Crippen LogP contribution in [0.25, 0.3) is 10.8 Å². The Kier molecular flexibility index (Phi) is 11.9. The van der Waals surface area contributed by atoms with Crippen molar-refractivity contribution in [2.75, 3.05) is 36.8 Å². The highest BCUT2D eigenvalue weighted by atomic mass is 35.5. The summed E-state index contributed by atoms with van der Waals surface area (Å²) in [6, 6.07) is 16.0. The fraction of sp³-hybridized carbons (Fsp3) is 0.303. The van der Waals surface area contributed by atoms with E-state index in [1.54, 1.807) is 36.5 Å². The lowest BCUT2D eigenvalue weighted by atomic mass is 10.0. The van der Waals surface area contributed by atoms with Crippen LogP contribution in [-0.4, -0.2) is 68.5 Å². The number of aliphatic carboxylic acids is 1. The van der Waals surface area contributed by atoms with Crippen LogP contribution in [0.4, 0.5) is 11.5 Å². The van der Waals surface area contributed by atoms with Crippen molar-refractivity contribution in [2.24, 2.45) is 0 Å². The fourth-order valence-corrected chi connectivity index (χ4v) is 7.34. The second-order valence-electron chi connectivity index (χ2n) is 11.1. The van der Waals surface area contributed by atoms with Crippen molar-refractivity contribution in [3.63, 3.8) is 0 Å². The van der Waals surface area contributed by atoms with Gasteiger partial charge in [-0.2, -0.15) is 0 Å². The van der Waals surface area contributed by atoms with Crippen molar-refractivity contribution in [2.45, 2.75) is 43.7 Å². The maximum absolute atomic E-state index is 14.1. The molecule has 0 fully saturated rings. The van der Waals surface area contributed by atoms with E-state index in [0.29, 0.717) is 35.0 Å². The second-order valence-corrected chi connectivity index (χ2v) is 13.8. The number of carbonyl (C=O) groups is 2. The molecule has 1 amide bonds. The summed E-state index contributed by atoms with van der Waals surface area (Å²) in [4.78, 5) is 32.0. The van der Waals surface area contributed by atoms with Crippen LogP contribution in [0.3, 0.4) is 0 Å². The van der Waals surface area contributed by atoms with Crippen molar-refractivity contribution >= 4 is 67.4 Å². The van der Waals surface area contributed by atoms with E-state index in [1.807, 2.05) is 33.2 Å². The number of halogens is 2. The number of pyridine rings is 1. The van der Waals surface area contributed by atoms with Gasteiger partial charge in [0.1, 0.15) is 11.9 Å². The predicted octanol–water partition coefficient (Wildman–Crippen LogP) is 6.28. The van der Waals surface area contributed by atoms with Crippen LogP contribution in [0.15, 0.2) is 77.8 Å². The first kappa shape index (κ1) is 35.0. The summed E-state index contributed by atoms with van der Waals surface area (Å²) in [5.41, 5.74) is 1.39. The van der Waals surface area contributed by atoms with Crippen LogP contribution >= 0.6 is 23.2 Å². The molecule has 3 N–H and O–H groups in total. The number of amides is 1. The van der Waals surface area contributed by atoms with Crippen LogP contribution in [0.2, 0.25) is 10.0 Å². The maximum Gasteiger partial charge on any atom is 0.327 e. The first-order valence-electron chi connectivity index (χ1n) is 14.8. The molecular formula is C33H37Cl2N5O5S. The molecule has 0 radical (unpaired) electrons. The van der Waals surface area contributed by atoms with E-state index in [0.717, 1.165) is 23.0 Å². The van der Waals surface area contributed by atoms with Crippen molar-refractivity contribution in [1.82, 2.24) is 15.2 Å². The molecule has 244 valence electrons. The van der Waals surface area contributed by atoms with Gasteiger partial charge < -0.3 is 20.6 Å². The molecule has 4 rings (SSSR count). The highest BCUT2D eigenvalue weighted by Gasteiger charge is 2.36. The van der Waals surface area contributed by atoms with Crippen molar-refractivity contribution in [1.29, 1.82) is 0 Å². The van der Waals surface area contributed by atoms with E-state index in [2.05, 4.69) is 20.5 Å². The molecule has 0 aliphatic heterocycles. The van der Waals surface area contributed by atoms with Gasteiger partial charge >= 0.3 is 5.97 Å². The van der Waals surface area contributed by atoms with Crippen molar-refractivity contribution in [3.8, 4) is 0 Å². The molecule has 3 aromatic carbocycles. The van der Waals surface area contributed by atoms with Crippen molar-refractivity contribution < 1.29 is 23.1 Å². The molecule has 0 aliphatic rings. The lowest BCUT2D eigenvalue weighted by Gasteiger charge is -2.30. The Bertz CT molecular complexity index is 1800. The zero-order chi connectivity index (χ0) is 33.4. The minimum atomic E-state index is -4.43. The smallest absolute Gasteiger partial charge is 0.327 e. The number of aromatic nitrogens is 1. The van der Waals surface area contributed by atoms with E-state index in [4.69, 9.17) is 23.2 Å². The van der Waals surface area contributed by atoms with Gasteiger partial charge in [0.15, 0.2) is 0 Å². The van der Waals surface area contributed by atoms with Gasteiger partial charge in [0.05, 0.1) is 10.6 Å². The molecule has 1 aromatic heterocycles. The molecule has 0 saturated carbocycles. The number of fused-ring (bicyclic) bond motifs is 1. The number of carbonyl (C=O) groups excluding carboxylic acids is 1. The molecule has 1 heterocycles. The summed E-state index contributed by atoms with van der Waals surface area (Å²) in [7, 11) is -0.448. The highest BCUT2D eigenvalue weighted by Crippen LogP contribution is 2.34. The number of rotatable bonds is 15. The maximum atomic E-state index is 14.1. The number of benzene rings is 3. The Morgan fingerprint density at radius 1 is 1.00 bits per heavy atom. The van der Waals surface area contributed by atoms with Gasteiger partial charge in [-0.05, 0) is 85.4 Å². The zero-order valence-corrected chi connectivity index (χ0v) is 28.2. The fourth-order valence-electron chi connectivity index (χ4n) is 4.99. The number of nitrogens with zero attached hydrogens (tertiary/aromatic N) is 3. The highest BCUT2D eigenvalue weighted by molar-refractivity contribution is 7.93. The molecule has 0 bridgehead atoms. The third-order valence-electron chi connectivity index (χ3n) is 7.30. The Balaban J connectivity index is 1.66. The Labute approximate surface area is 279 Å². The first-order valence-corrected chi connectivity index (χ1v) is 17.0. The van der Waals surface area contributed by atoms with Gasteiger partial charge in [0.2, 0.25) is 0 Å². The lowest BCUT2D eigenvalue weighted by Crippen LogP contribution is -2.45. The molecule has 0 spiro atoms. The third kappa shape index (κ3) is 8.67. The Hall–Kier alpha value is -3.90. The molecule has 0 saturated heterocycles. The van der Waals surface area contributed by atoms with E-state index in [-0.39, 0.29) is 39.5 Å². The summed E-state index contributed by atoms with van der Waals surface area (Å²) in [6.45, 7) is 3.74. The number of carboxylic acids is 1. The van der Waals surface area contributed by atoms with Crippen LogP contribution in [0.1, 0.15) is 42.1 Å². The molecule has 1 atom stereocenters.